The first-order chi connectivity index (χ1) is 9.74. The third-order valence-corrected chi connectivity index (χ3v) is 3.78. The minimum atomic E-state index is -0.284. The van der Waals surface area contributed by atoms with E-state index in [-0.39, 0.29) is 11.4 Å². The summed E-state index contributed by atoms with van der Waals surface area (Å²) in [4.78, 5) is 17.1. The number of nitrogens with zero attached hydrogens (tertiary/aromatic N) is 2. The first-order valence-corrected chi connectivity index (χ1v) is 7.04. The van der Waals surface area contributed by atoms with E-state index in [4.69, 9.17) is 0 Å². The number of fused-ring (bicyclic) bond motifs is 1. The van der Waals surface area contributed by atoms with Crippen molar-refractivity contribution >= 4 is 27.2 Å². The molecular formula is C14H12FN3OS. The maximum Gasteiger partial charge on any atom is 0.262 e. The molecule has 102 valence electrons. The van der Waals surface area contributed by atoms with Crippen LogP contribution in [0.3, 0.4) is 0 Å². The molecule has 0 atom stereocenters. The standard InChI is InChI=1S/C14H12FN3OS/c15-10-2-1-3-11(8-10)16-5-6-18-9-17-13-12(14(18)19)4-7-20-13/h1-4,7-9,16H,5-6H2. The van der Waals surface area contributed by atoms with Gasteiger partial charge in [0.1, 0.15) is 10.6 Å². The number of hydrogen-bond donors (Lipinski definition) is 1. The largest absolute Gasteiger partial charge is 0.383 e. The second-order valence-corrected chi connectivity index (χ2v) is 5.21. The Bertz CT molecular complexity index is 796. The fourth-order valence-corrected chi connectivity index (χ4v) is 2.70. The average Bonchev–Trinajstić information content (AvgIpc) is 2.91. The summed E-state index contributed by atoms with van der Waals surface area (Å²) in [7, 11) is 0. The Kier molecular flexibility index (Phi) is 3.47. The van der Waals surface area contributed by atoms with E-state index in [1.807, 2.05) is 5.38 Å². The number of hydrogen-bond acceptors (Lipinski definition) is 4. The summed E-state index contributed by atoms with van der Waals surface area (Å²) in [6.45, 7) is 1.01. The van der Waals surface area contributed by atoms with Crippen LogP contribution in [0.2, 0.25) is 0 Å². The highest BCUT2D eigenvalue weighted by Gasteiger charge is 2.04. The van der Waals surface area contributed by atoms with Crippen molar-refractivity contribution in [3.63, 3.8) is 0 Å². The Morgan fingerprint density at radius 3 is 3.10 bits per heavy atom. The van der Waals surface area contributed by atoms with E-state index < -0.39 is 0 Å². The second kappa shape index (κ2) is 5.42. The predicted octanol–water partition coefficient (Wildman–Crippen LogP) is 2.71. The predicted molar refractivity (Wildman–Crippen MR) is 78.8 cm³/mol. The molecule has 0 aliphatic heterocycles. The molecule has 0 saturated carbocycles. The summed E-state index contributed by atoms with van der Waals surface area (Å²) in [5.74, 6) is -0.284. The number of benzene rings is 1. The molecule has 20 heavy (non-hydrogen) atoms. The van der Waals surface area contributed by atoms with Crippen molar-refractivity contribution in [2.45, 2.75) is 6.54 Å². The van der Waals surface area contributed by atoms with Crippen molar-refractivity contribution in [1.82, 2.24) is 9.55 Å². The molecule has 6 heteroatoms. The molecule has 4 nitrogen and oxygen atoms in total. The molecule has 0 radical (unpaired) electrons. The molecule has 0 saturated heterocycles. The molecule has 0 aliphatic rings. The van der Waals surface area contributed by atoms with Crippen molar-refractivity contribution in [3.8, 4) is 0 Å². The number of aromatic nitrogens is 2. The average molecular weight is 289 g/mol. The zero-order valence-corrected chi connectivity index (χ0v) is 11.4. The summed E-state index contributed by atoms with van der Waals surface area (Å²) in [5.41, 5.74) is 0.653. The lowest BCUT2D eigenvalue weighted by atomic mass is 10.3. The van der Waals surface area contributed by atoms with Crippen LogP contribution >= 0.6 is 11.3 Å². The van der Waals surface area contributed by atoms with E-state index in [0.29, 0.717) is 24.2 Å². The van der Waals surface area contributed by atoms with Gasteiger partial charge in [-0.2, -0.15) is 0 Å². The summed E-state index contributed by atoms with van der Waals surface area (Å²) in [5, 5.41) is 5.58. The Hall–Kier alpha value is -2.21. The van der Waals surface area contributed by atoms with Crippen molar-refractivity contribution in [3.05, 3.63) is 58.2 Å². The van der Waals surface area contributed by atoms with Gasteiger partial charge in [0.15, 0.2) is 0 Å². The van der Waals surface area contributed by atoms with Crippen LogP contribution in [0.1, 0.15) is 0 Å². The van der Waals surface area contributed by atoms with E-state index in [1.54, 1.807) is 29.1 Å². The summed E-state index contributed by atoms with van der Waals surface area (Å²) >= 11 is 1.45. The number of nitrogens with one attached hydrogen (secondary N) is 1. The molecule has 0 amide bonds. The van der Waals surface area contributed by atoms with Crippen LogP contribution in [-0.2, 0) is 6.54 Å². The van der Waals surface area contributed by atoms with Crippen LogP contribution in [0.25, 0.3) is 10.2 Å². The minimum Gasteiger partial charge on any atom is -0.383 e. The molecule has 1 N–H and O–H groups in total. The van der Waals surface area contributed by atoms with Crippen LogP contribution in [-0.4, -0.2) is 16.1 Å². The van der Waals surface area contributed by atoms with Crippen LogP contribution in [0.15, 0.2) is 46.8 Å². The minimum absolute atomic E-state index is 0.0442. The number of halogens is 1. The fraction of sp³-hybridized carbons (Fsp3) is 0.143. The van der Waals surface area contributed by atoms with Gasteiger partial charge in [-0.25, -0.2) is 9.37 Å². The van der Waals surface area contributed by atoms with Crippen molar-refractivity contribution in [2.75, 3.05) is 11.9 Å². The highest BCUT2D eigenvalue weighted by Crippen LogP contribution is 2.13. The maximum absolute atomic E-state index is 13.0. The summed E-state index contributed by atoms with van der Waals surface area (Å²) in [6, 6.07) is 8.02. The van der Waals surface area contributed by atoms with E-state index in [2.05, 4.69) is 10.3 Å². The van der Waals surface area contributed by atoms with E-state index in [0.717, 1.165) is 4.83 Å². The number of thiophene rings is 1. The van der Waals surface area contributed by atoms with E-state index in [1.165, 1.54) is 23.5 Å². The number of rotatable bonds is 4. The van der Waals surface area contributed by atoms with Gasteiger partial charge in [0, 0.05) is 18.8 Å². The Morgan fingerprint density at radius 1 is 1.35 bits per heavy atom. The highest BCUT2D eigenvalue weighted by molar-refractivity contribution is 7.16. The molecule has 0 unspecified atom stereocenters. The second-order valence-electron chi connectivity index (χ2n) is 4.32. The Morgan fingerprint density at radius 2 is 2.25 bits per heavy atom. The van der Waals surface area contributed by atoms with Gasteiger partial charge < -0.3 is 5.32 Å². The van der Waals surface area contributed by atoms with E-state index >= 15 is 0 Å². The monoisotopic (exact) mass is 289 g/mol. The van der Waals surface area contributed by atoms with E-state index in [9.17, 15) is 9.18 Å². The van der Waals surface area contributed by atoms with Gasteiger partial charge in [-0.1, -0.05) is 6.07 Å². The lowest BCUT2D eigenvalue weighted by Crippen LogP contribution is -2.23. The Labute approximate surface area is 118 Å². The normalized spacial score (nSPS) is 10.8. The molecular weight excluding hydrogens is 277 g/mol. The molecule has 2 heterocycles. The molecule has 0 bridgehead atoms. The molecule has 0 fully saturated rings. The van der Waals surface area contributed by atoms with Crippen LogP contribution in [0.5, 0.6) is 0 Å². The van der Waals surface area contributed by atoms with Gasteiger partial charge in [-0.15, -0.1) is 11.3 Å². The first-order valence-electron chi connectivity index (χ1n) is 6.16. The molecule has 0 spiro atoms. The lowest BCUT2D eigenvalue weighted by Gasteiger charge is -2.08. The molecule has 2 aromatic heterocycles. The quantitative estimate of drug-likeness (QED) is 0.803. The number of anilines is 1. The first kappa shape index (κ1) is 12.8. The summed E-state index contributed by atoms with van der Waals surface area (Å²) < 4.78 is 14.6. The summed E-state index contributed by atoms with van der Waals surface area (Å²) in [6.07, 6.45) is 1.55. The van der Waals surface area contributed by atoms with Gasteiger partial charge in [-0.3, -0.25) is 9.36 Å². The molecule has 0 aliphatic carbocycles. The van der Waals surface area contributed by atoms with Crippen molar-refractivity contribution in [1.29, 1.82) is 0 Å². The topological polar surface area (TPSA) is 46.9 Å². The van der Waals surface area contributed by atoms with Gasteiger partial charge >= 0.3 is 0 Å². The SMILES string of the molecule is O=c1c2ccsc2ncn1CCNc1cccc(F)c1. The van der Waals surface area contributed by atoms with Crippen LogP contribution < -0.4 is 10.9 Å². The molecule has 3 aromatic rings. The highest BCUT2D eigenvalue weighted by atomic mass is 32.1. The fourth-order valence-electron chi connectivity index (χ4n) is 1.97. The van der Waals surface area contributed by atoms with Gasteiger partial charge in [-0.05, 0) is 29.6 Å². The van der Waals surface area contributed by atoms with Crippen molar-refractivity contribution in [2.24, 2.45) is 0 Å². The van der Waals surface area contributed by atoms with Crippen molar-refractivity contribution < 1.29 is 4.39 Å². The van der Waals surface area contributed by atoms with Gasteiger partial charge in [0.2, 0.25) is 0 Å². The zero-order chi connectivity index (χ0) is 13.9. The molecule has 3 rings (SSSR count). The smallest absolute Gasteiger partial charge is 0.262 e. The zero-order valence-electron chi connectivity index (χ0n) is 10.5. The van der Waals surface area contributed by atoms with Gasteiger partial charge in [0.05, 0.1) is 11.7 Å². The third-order valence-electron chi connectivity index (χ3n) is 2.96. The van der Waals surface area contributed by atoms with Gasteiger partial charge in [0.25, 0.3) is 5.56 Å². The Balaban J connectivity index is 1.71. The lowest BCUT2D eigenvalue weighted by molar-refractivity contribution is 0.627. The van der Waals surface area contributed by atoms with Crippen LogP contribution in [0.4, 0.5) is 10.1 Å². The maximum atomic E-state index is 13.0. The third kappa shape index (κ3) is 2.55. The molecule has 1 aromatic carbocycles. The van der Waals surface area contributed by atoms with Crippen LogP contribution in [0, 0.1) is 5.82 Å².